The Balaban J connectivity index is 1.65. The second-order valence-corrected chi connectivity index (χ2v) is 5.37. The largest absolute Gasteiger partial charge is 0.313 e. The molecular weight excluding hydrogens is 269 g/mol. The molecule has 1 nitrogen and oxygen atoms in total. The molecule has 0 amide bonds. The third kappa shape index (κ3) is 3.87. The summed E-state index contributed by atoms with van der Waals surface area (Å²) in [6.07, 6.45) is 5.49. The summed E-state index contributed by atoms with van der Waals surface area (Å²) in [5.41, 5.74) is 1.12. The van der Waals surface area contributed by atoms with E-state index in [4.69, 9.17) is 0 Å². The van der Waals surface area contributed by atoms with Crippen LogP contribution in [0.15, 0.2) is 22.7 Å². The Labute approximate surface area is 105 Å². The first-order valence-corrected chi connectivity index (χ1v) is 6.69. The van der Waals surface area contributed by atoms with Gasteiger partial charge in [-0.15, -0.1) is 0 Å². The number of rotatable bonds is 6. The van der Waals surface area contributed by atoms with Crippen molar-refractivity contribution in [3.63, 3.8) is 0 Å². The fraction of sp³-hybridized carbons (Fsp3) is 0.538. The zero-order valence-electron chi connectivity index (χ0n) is 9.31. The van der Waals surface area contributed by atoms with Crippen molar-refractivity contribution in [1.29, 1.82) is 0 Å². The van der Waals surface area contributed by atoms with Crippen LogP contribution in [-0.4, -0.2) is 6.54 Å². The first-order chi connectivity index (χ1) is 7.75. The van der Waals surface area contributed by atoms with Gasteiger partial charge in [-0.1, -0.05) is 18.9 Å². The van der Waals surface area contributed by atoms with Crippen LogP contribution in [0.1, 0.15) is 31.2 Å². The topological polar surface area (TPSA) is 12.0 Å². The average molecular weight is 286 g/mol. The molecule has 0 aromatic heterocycles. The Hall–Kier alpha value is -0.410. The quantitative estimate of drug-likeness (QED) is 0.783. The molecule has 1 aromatic carbocycles. The monoisotopic (exact) mass is 285 g/mol. The van der Waals surface area contributed by atoms with Gasteiger partial charge >= 0.3 is 0 Å². The molecule has 1 saturated carbocycles. The summed E-state index contributed by atoms with van der Waals surface area (Å²) in [4.78, 5) is 0. The summed E-state index contributed by atoms with van der Waals surface area (Å²) in [5.74, 6) is 0.819. The van der Waals surface area contributed by atoms with Crippen LogP contribution in [0.5, 0.6) is 0 Å². The van der Waals surface area contributed by atoms with Gasteiger partial charge in [0.1, 0.15) is 5.82 Å². The van der Waals surface area contributed by atoms with Gasteiger partial charge in [0, 0.05) is 6.54 Å². The van der Waals surface area contributed by atoms with Crippen molar-refractivity contribution in [2.75, 3.05) is 6.54 Å². The van der Waals surface area contributed by atoms with Crippen LogP contribution in [-0.2, 0) is 6.54 Å². The van der Waals surface area contributed by atoms with Gasteiger partial charge in [-0.05, 0) is 58.9 Å². The van der Waals surface area contributed by atoms with E-state index in [0.717, 1.165) is 24.6 Å². The van der Waals surface area contributed by atoms with Gasteiger partial charge in [0.15, 0.2) is 0 Å². The maximum absolute atomic E-state index is 13.0. The maximum atomic E-state index is 13.0. The van der Waals surface area contributed by atoms with E-state index in [1.54, 1.807) is 0 Å². The van der Waals surface area contributed by atoms with E-state index in [2.05, 4.69) is 21.2 Å². The Kier molecular flexibility index (Phi) is 4.36. The summed E-state index contributed by atoms with van der Waals surface area (Å²) < 4.78 is 13.5. The second-order valence-electron chi connectivity index (χ2n) is 4.51. The Morgan fingerprint density at radius 2 is 2.19 bits per heavy atom. The lowest BCUT2D eigenvalue weighted by molar-refractivity contribution is 0.591. The Morgan fingerprint density at radius 1 is 1.38 bits per heavy atom. The molecule has 0 unspecified atom stereocenters. The molecule has 2 rings (SSSR count). The van der Waals surface area contributed by atoms with Crippen LogP contribution in [0.4, 0.5) is 4.39 Å². The van der Waals surface area contributed by atoms with E-state index in [1.165, 1.54) is 31.7 Å². The highest BCUT2D eigenvalue weighted by Gasteiger charge is 2.19. The van der Waals surface area contributed by atoms with Crippen molar-refractivity contribution in [1.82, 2.24) is 5.32 Å². The van der Waals surface area contributed by atoms with Crippen molar-refractivity contribution in [3.8, 4) is 0 Å². The molecule has 0 radical (unpaired) electrons. The van der Waals surface area contributed by atoms with Crippen LogP contribution >= 0.6 is 15.9 Å². The zero-order valence-corrected chi connectivity index (χ0v) is 10.9. The fourth-order valence-corrected chi connectivity index (χ4v) is 2.23. The normalized spacial score (nSPS) is 15.4. The van der Waals surface area contributed by atoms with Gasteiger partial charge in [0.05, 0.1) is 4.47 Å². The number of benzene rings is 1. The summed E-state index contributed by atoms with van der Waals surface area (Å²) in [7, 11) is 0. The minimum atomic E-state index is -0.197. The van der Waals surface area contributed by atoms with Crippen molar-refractivity contribution in [2.45, 2.75) is 32.2 Å². The molecule has 0 bridgehead atoms. The summed E-state index contributed by atoms with van der Waals surface area (Å²) in [6, 6.07) is 5.17. The molecule has 1 aliphatic rings. The zero-order chi connectivity index (χ0) is 11.4. The highest BCUT2D eigenvalue weighted by molar-refractivity contribution is 9.10. The van der Waals surface area contributed by atoms with Crippen molar-refractivity contribution in [3.05, 3.63) is 34.1 Å². The molecule has 0 spiro atoms. The molecule has 88 valence electrons. The van der Waals surface area contributed by atoms with E-state index in [1.807, 2.05) is 12.1 Å². The summed E-state index contributed by atoms with van der Waals surface area (Å²) in [6.45, 7) is 1.88. The smallest absolute Gasteiger partial charge is 0.137 e. The molecule has 0 saturated heterocycles. The minimum absolute atomic E-state index is 0.197. The molecule has 3 heteroatoms. The van der Waals surface area contributed by atoms with Crippen LogP contribution in [0, 0.1) is 11.7 Å². The van der Waals surface area contributed by atoms with Crippen molar-refractivity contribution >= 4 is 15.9 Å². The lowest BCUT2D eigenvalue weighted by Crippen LogP contribution is -2.14. The van der Waals surface area contributed by atoms with Gasteiger partial charge in [-0.3, -0.25) is 0 Å². The van der Waals surface area contributed by atoms with Gasteiger partial charge < -0.3 is 5.32 Å². The molecule has 16 heavy (non-hydrogen) atoms. The van der Waals surface area contributed by atoms with Gasteiger partial charge in [-0.2, -0.15) is 0 Å². The molecule has 1 aliphatic carbocycles. The first-order valence-electron chi connectivity index (χ1n) is 5.90. The van der Waals surface area contributed by atoms with Crippen LogP contribution in [0.3, 0.4) is 0 Å². The van der Waals surface area contributed by atoms with E-state index < -0.39 is 0 Å². The fourth-order valence-electron chi connectivity index (χ4n) is 1.80. The molecule has 1 fully saturated rings. The molecule has 0 heterocycles. The number of nitrogens with one attached hydrogen (secondary N) is 1. The molecule has 0 aliphatic heterocycles. The number of halogens is 2. The lowest BCUT2D eigenvalue weighted by atomic mass is 10.2. The maximum Gasteiger partial charge on any atom is 0.137 e. The van der Waals surface area contributed by atoms with Gasteiger partial charge in [0.2, 0.25) is 0 Å². The van der Waals surface area contributed by atoms with Gasteiger partial charge in [0.25, 0.3) is 0 Å². The average Bonchev–Trinajstić information content (AvgIpc) is 3.07. The lowest BCUT2D eigenvalue weighted by Gasteiger charge is -2.05. The summed E-state index contributed by atoms with van der Waals surface area (Å²) in [5, 5.41) is 3.39. The van der Waals surface area contributed by atoms with E-state index in [-0.39, 0.29) is 5.82 Å². The molecule has 1 N–H and O–H groups in total. The Morgan fingerprint density at radius 3 is 2.88 bits per heavy atom. The standard InChI is InChI=1S/C13H17BrFN/c14-12-8-11(5-6-13(12)15)9-16-7-1-2-10-3-4-10/h5-6,8,10,16H,1-4,7,9H2. The van der Waals surface area contributed by atoms with Crippen molar-refractivity contribution < 1.29 is 4.39 Å². The van der Waals surface area contributed by atoms with Crippen LogP contribution in [0.25, 0.3) is 0 Å². The molecule has 1 aromatic rings. The van der Waals surface area contributed by atoms with Gasteiger partial charge in [-0.25, -0.2) is 4.39 Å². The predicted octanol–water partition coefficient (Wildman–Crippen LogP) is 3.87. The minimum Gasteiger partial charge on any atom is -0.313 e. The molecule has 0 atom stereocenters. The van der Waals surface area contributed by atoms with E-state index in [0.29, 0.717) is 4.47 Å². The van der Waals surface area contributed by atoms with E-state index in [9.17, 15) is 4.39 Å². The number of hydrogen-bond acceptors (Lipinski definition) is 1. The van der Waals surface area contributed by atoms with Crippen LogP contribution in [0.2, 0.25) is 0 Å². The summed E-state index contributed by atoms with van der Waals surface area (Å²) >= 11 is 3.19. The first kappa shape index (κ1) is 12.1. The highest BCUT2D eigenvalue weighted by atomic mass is 79.9. The number of hydrogen-bond donors (Lipinski definition) is 1. The predicted molar refractivity (Wildman–Crippen MR) is 67.8 cm³/mol. The third-order valence-corrected chi connectivity index (χ3v) is 3.58. The van der Waals surface area contributed by atoms with E-state index >= 15 is 0 Å². The van der Waals surface area contributed by atoms with Crippen LogP contribution < -0.4 is 5.32 Å². The second kappa shape index (κ2) is 5.78. The van der Waals surface area contributed by atoms with Crippen molar-refractivity contribution in [2.24, 2.45) is 5.92 Å². The molecular formula is C13H17BrFN. The highest BCUT2D eigenvalue weighted by Crippen LogP contribution is 2.33. The third-order valence-electron chi connectivity index (χ3n) is 2.98. The SMILES string of the molecule is Fc1ccc(CNCCCC2CC2)cc1Br. The Bertz CT molecular complexity index is 350.